The number of carboxylic acid groups (broad SMARTS) is 1. The summed E-state index contributed by atoms with van der Waals surface area (Å²) >= 11 is 1.73. The van der Waals surface area contributed by atoms with Crippen molar-refractivity contribution in [2.24, 2.45) is 0 Å². The number of aliphatic carboxylic acids is 1. The van der Waals surface area contributed by atoms with Crippen molar-refractivity contribution in [1.82, 2.24) is 10.3 Å². The smallest absolute Gasteiger partial charge is 0.329 e. The molecule has 1 aliphatic rings. The Morgan fingerprint density at radius 1 is 1.27 bits per heavy atom. The van der Waals surface area contributed by atoms with Crippen LogP contribution in [0.3, 0.4) is 0 Å². The van der Waals surface area contributed by atoms with Gasteiger partial charge in [-0.25, -0.2) is 4.79 Å². The van der Waals surface area contributed by atoms with Crippen LogP contribution in [0.15, 0.2) is 30.5 Å². The summed E-state index contributed by atoms with van der Waals surface area (Å²) in [4.78, 5) is 27.1. The zero-order valence-electron chi connectivity index (χ0n) is 12.1. The van der Waals surface area contributed by atoms with Crippen molar-refractivity contribution >= 4 is 34.5 Å². The summed E-state index contributed by atoms with van der Waals surface area (Å²) in [5, 5.41) is 13.3. The highest BCUT2D eigenvalue weighted by Crippen LogP contribution is 2.28. The highest BCUT2D eigenvalue weighted by molar-refractivity contribution is 7.99. The molecule has 22 heavy (non-hydrogen) atoms. The zero-order chi connectivity index (χ0) is 15.6. The molecule has 1 aromatic carbocycles. The number of carbonyl (C=O) groups excluding carboxylic acids is 1. The molecular formula is C16H18N2O3S. The van der Waals surface area contributed by atoms with Crippen molar-refractivity contribution in [3.63, 3.8) is 0 Å². The fraction of sp³-hybridized carbons (Fsp3) is 0.375. The molecule has 1 aromatic heterocycles. The fourth-order valence-electron chi connectivity index (χ4n) is 2.87. The molecule has 2 heterocycles. The summed E-state index contributed by atoms with van der Waals surface area (Å²) in [5.74, 6) is 0.360. The van der Waals surface area contributed by atoms with Gasteiger partial charge in [-0.1, -0.05) is 18.2 Å². The number of fused-ring (bicyclic) bond motifs is 1. The average Bonchev–Trinajstić information content (AvgIpc) is 2.91. The van der Waals surface area contributed by atoms with Crippen molar-refractivity contribution in [2.75, 3.05) is 11.5 Å². The third-order valence-electron chi connectivity index (χ3n) is 4.16. The third-order valence-corrected chi connectivity index (χ3v) is 5.15. The molecule has 5 nitrogen and oxygen atoms in total. The molecule has 1 fully saturated rings. The molecule has 0 spiro atoms. The second kappa shape index (κ2) is 6.04. The maximum atomic E-state index is 12.3. The lowest BCUT2D eigenvalue weighted by Gasteiger charge is -2.33. The van der Waals surface area contributed by atoms with E-state index in [4.69, 9.17) is 0 Å². The van der Waals surface area contributed by atoms with E-state index in [1.807, 2.05) is 30.5 Å². The maximum Gasteiger partial charge on any atom is 0.329 e. The molecule has 2 aromatic rings. The largest absolute Gasteiger partial charge is 0.480 e. The Bertz CT molecular complexity index is 704. The van der Waals surface area contributed by atoms with Crippen LogP contribution in [0.1, 0.15) is 18.4 Å². The lowest BCUT2D eigenvalue weighted by atomic mass is 9.92. The molecule has 6 heteroatoms. The van der Waals surface area contributed by atoms with Crippen LogP contribution in [0, 0.1) is 0 Å². The number of para-hydroxylation sites is 1. The van der Waals surface area contributed by atoms with Crippen LogP contribution < -0.4 is 5.32 Å². The van der Waals surface area contributed by atoms with Gasteiger partial charge >= 0.3 is 5.97 Å². The Balaban J connectivity index is 1.75. The number of H-pyrrole nitrogens is 1. The van der Waals surface area contributed by atoms with Gasteiger partial charge in [0.15, 0.2) is 0 Å². The predicted octanol–water partition coefficient (Wildman–Crippen LogP) is 2.18. The monoisotopic (exact) mass is 318 g/mol. The van der Waals surface area contributed by atoms with Crippen molar-refractivity contribution in [1.29, 1.82) is 0 Å². The highest BCUT2D eigenvalue weighted by atomic mass is 32.2. The number of carboxylic acids is 1. The lowest BCUT2D eigenvalue weighted by molar-refractivity contribution is -0.148. The summed E-state index contributed by atoms with van der Waals surface area (Å²) in [6.07, 6.45) is 2.96. The number of hydrogen-bond donors (Lipinski definition) is 3. The first kappa shape index (κ1) is 15.0. The molecule has 0 bridgehead atoms. The molecule has 0 aliphatic carbocycles. The quantitative estimate of drug-likeness (QED) is 0.807. The number of benzene rings is 1. The van der Waals surface area contributed by atoms with E-state index in [0.717, 1.165) is 28.0 Å². The molecule has 0 saturated carbocycles. The third kappa shape index (κ3) is 2.83. The van der Waals surface area contributed by atoms with Crippen LogP contribution in [0.25, 0.3) is 10.9 Å². The molecule has 116 valence electrons. The number of rotatable bonds is 4. The summed E-state index contributed by atoms with van der Waals surface area (Å²) in [7, 11) is 0. The van der Waals surface area contributed by atoms with Crippen LogP contribution in [0.5, 0.6) is 0 Å². The van der Waals surface area contributed by atoms with Gasteiger partial charge < -0.3 is 15.4 Å². The Labute approximate surface area is 132 Å². The Kier molecular flexibility index (Phi) is 4.11. The Morgan fingerprint density at radius 2 is 2.00 bits per heavy atom. The number of amides is 1. The first-order valence-corrected chi connectivity index (χ1v) is 8.43. The van der Waals surface area contributed by atoms with Gasteiger partial charge in [0.05, 0.1) is 6.42 Å². The van der Waals surface area contributed by atoms with E-state index in [1.165, 1.54) is 0 Å². The number of hydrogen-bond acceptors (Lipinski definition) is 3. The molecule has 3 rings (SSSR count). The summed E-state index contributed by atoms with van der Waals surface area (Å²) in [6, 6.07) is 7.77. The molecule has 1 aliphatic heterocycles. The zero-order valence-corrected chi connectivity index (χ0v) is 12.9. The Hall–Kier alpha value is -1.95. The van der Waals surface area contributed by atoms with Gasteiger partial charge in [0.2, 0.25) is 5.91 Å². The number of aromatic amines is 1. The van der Waals surface area contributed by atoms with E-state index in [0.29, 0.717) is 12.8 Å². The van der Waals surface area contributed by atoms with E-state index in [1.54, 1.807) is 11.8 Å². The van der Waals surface area contributed by atoms with Crippen LogP contribution >= 0.6 is 11.8 Å². The van der Waals surface area contributed by atoms with Crippen molar-refractivity contribution in [2.45, 2.75) is 24.8 Å². The van der Waals surface area contributed by atoms with E-state index >= 15 is 0 Å². The normalized spacial score (nSPS) is 17.3. The standard InChI is InChI=1S/C16H18N2O3S/c19-14(18-16(15(20)21)5-7-22-8-6-16)9-11-10-17-13-4-2-1-3-12(11)13/h1-4,10,17H,5-9H2,(H,18,19)(H,20,21). The SMILES string of the molecule is O=C(Cc1c[nH]c2ccccc12)NC1(C(=O)O)CCSCC1. The number of thioether (sulfide) groups is 1. The van der Waals surface area contributed by atoms with E-state index in [2.05, 4.69) is 10.3 Å². The number of nitrogens with one attached hydrogen (secondary N) is 2. The molecule has 0 radical (unpaired) electrons. The fourth-order valence-corrected chi connectivity index (χ4v) is 4.06. The first-order chi connectivity index (χ1) is 10.6. The molecule has 1 saturated heterocycles. The minimum Gasteiger partial charge on any atom is -0.480 e. The van der Waals surface area contributed by atoms with Crippen molar-refractivity contribution < 1.29 is 14.7 Å². The lowest BCUT2D eigenvalue weighted by Crippen LogP contribution is -2.56. The van der Waals surface area contributed by atoms with E-state index in [-0.39, 0.29) is 12.3 Å². The van der Waals surface area contributed by atoms with Crippen LogP contribution in [0.2, 0.25) is 0 Å². The van der Waals surface area contributed by atoms with Crippen LogP contribution in [-0.2, 0) is 16.0 Å². The van der Waals surface area contributed by atoms with Gasteiger partial charge in [-0.15, -0.1) is 0 Å². The molecular weight excluding hydrogens is 300 g/mol. The molecule has 3 N–H and O–H groups in total. The molecule has 0 unspecified atom stereocenters. The average molecular weight is 318 g/mol. The van der Waals surface area contributed by atoms with E-state index in [9.17, 15) is 14.7 Å². The van der Waals surface area contributed by atoms with Gasteiger partial charge in [0, 0.05) is 17.1 Å². The summed E-state index contributed by atoms with van der Waals surface area (Å²) in [6.45, 7) is 0. The molecule has 1 amide bonds. The highest BCUT2D eigenvalue weighted by Gasteiger charge is 2.41. The topological polar surface area (TPSA) is 82.2 Å². The van der Waals surface area contributed by atoms with Gasteiger partial charge in [0.1, 0.15) is 5.54 Å². The summed E-state index contributed by atoms with van der Waals surface area (Å²) < 4.78 is 0. The Morgan fingerprint density at radius 3 is 2.73 bits per heavy atom. The number of carbonyl (C=O) groups is 2. The minimum absolute atomic E-state index is 0.187. The van der Waals surface area contributed by atoms with Gasteiger partial charge in [-0.2, -0.15) is 11.8 Å². The first-order valence-electron chi connectivity index (χ1n) is 7.28. The van der Waals surface area contributed by atoms with Gasteiger partial charge in [-0.05, 0) is 36.0 Å². The van der Waals surface area contributed by atoms with Gasteiger partial charge in [-0.3, -0.25) is 4.79 Å². The molecule has 0 atom stereocenters. The van der Waals surface area contributed by atoms with Crippen molar-refractivity contribution in [3.05, 3.63) is 36.0 Å². The van der Waals surface area contributed by atoms with Crippen LogP contribution in [-0.4, -0.2) is 39.0 Å². The predicted molar refractivity (Wildman–Crippen MR) is 87.1 cm³/mol. The van der Waals surface area contributed by atoms with Crippen molar-refractivity contribution in [3.8, 4) is 0 Å². The van der Waals surface area contributed by atoms with E-state index < -0.39 is 11.5 Å². The minimum atomic E-state index is -1.10. The number of aromatic nitrogens is 1. The van der Waals surface area contributed by atoms with Crippen LogP contribution in [0.4, 0.5) is 0 Å². The second-order valence-electron chi connectivity index (χ2n) is 5.58. The summed E-state index contributed by atoms with van der Waals surface area (Å²) in [5.41, 5.74) is 0.764. The second-order valence-corrected chi connectivity index (χ2v) is 6.81. The van der Waals surface area contributed by atoms with Gasteiger partial charge in [0.25, 0.3) is 0 Å². The maximum absolute atomic E-state index is 12.3.